The van der Waals surface area contributed by atoms with Crippen LogP contribution in [0.3, 0.4) is 0 Å². The fraction of sp³-hybridized carbons (Fsp3) is 0.810. The van der Waals surface area contributed by atoms with Gasteiger partial charge in [-0.2, -0.15) is 0 Å². The summed E-state index contributed by atoms with van der Waals surface area (Å²) in [5, 5.41) is 2.54. The van der Waals surface area contributed by atoms with Gasteiger partial charge in [0.05, 0.1) is 51.0 Å². The van der Waals surface area contributed by atoms with Gasteiger partial charge in [0.1, 0.15) is 5.76 Å². The molecule has 1 aliphatic heterocycles. The minimum atomic E-state index is 0.0101. The topological polar surface area (TPSA) is 43.4 Å². The monoisotopic (exact) mass is 352 g/mol. The number of hydrogen-bond acceptors (Lipinski definition) is 2. The van der Waals surface area contributed by atoms with Crippen molar-refractivity contribution in [2.75, 3.05) is 40.3 Å². The molecule has 3 N–H and O–H groups in total. The number of furan rings is 1. The van der Waals surface area contributed by atoms with E-state index in [4.69, 9.17) is 9.15 Å². The molecule has 2 heterocycles. The highest BCUT2D eigenvalue weighted by Crippen LogP contribution is 2.37. The number of ether oxygens (including phenoxy) is 1. The van der Waals surface area contributed by atoms with E-state index in [2.05, 4.69) is 53.2 Å². The van der Waals surface area contributed by atoms with Gasteiger partial charge in [0, 0.05) is 18.9 Å². The molecule has 0 radical (unpaired) electrons. The second-order valence-electron chi connectivity index (χ2n) is 9.35. The van der Waals surface area contributed by atoms with Crippen LogP contribution >= 0.6 is 0 Å². The molecule has 1 fully saturated rings. The third-order valence-corrected chi connectivity index (χ3v) is 5.63. The maximum absolute atomic E-state index is 5.99. The van der Waals surface area contributed by atoms with E-state index in [0.717, 1.165) is 25.3 Å². The maximum atomic E-state index is 5.99. The van der Waals surface area contributed by atoms with Crippen LogP contribution in [0.2, 0.25) is 0 Å². The van der Waals surface area contributed by atoms with E-state index < -0.39 is 0 Å². The lowest BCUT2D eigenvalue weighted by atomic mass is 9.73. The molecule has 0 bridgehead atoms. The van der Waals surface area contributed by atoms with Crippen LogP contribution in [0.4, 0.5) is 0 Å². The highest BCUT2D eigenvalue weighted by atomic mass is 16.5. The molecule has 1 saturated heterocycles. The molecule has 0 aromatic carbocycles. The Morgan fingerprint density at radius 3 is 2.60 bits per heavy atom. The molecule has 4 heteroatoms. The molecule has 0 amide bonds. The van der Waals surface area contributed by atoms with Crippen molar-refractivity contribution >= 4 is 0 Å². The van der Waals surface area contributed by atoms with Crippen molar-refractivity contribution in [2.24, 2.45) is 11.3 Å². The largest absolute Gasteiger partial charge is 0.469 e. The molecule has 2 atom stereocenters. The number of nitrogens with one attached hydrogen (secondary N) is 1. The van der Waals surface area contributed by atoms with Crippen LogP contribution in [0.1, 0.15) is 58.6 Å². The minimum absolute atomic E-state index is 0.0101. The number of hydrogen-bond donors (Lipinski definition) is 2. The second-order valence-corrected chi connectivity index (χ2v) is 9.35. The van der Waals surface area contributed by atoms with Gasteiger partial charge in [-0.05, 0) is 44.7 Å². The van der Waals surface area contributed by atoms with E-state index in [1.165, 1.54) is 25.9 Å². The number of quaternary nitrogens is 2. The fourth-order valence-corrected chi connectivity index (χ4v) is 4.75. The van der Waals surface area contributed by atoms with Crippen molar-refractivity contribution in [1.82, 2.24) is 0 Å². The predicted octanol–water partition coefficient (Wildman–Crippen LogP) is 1.69. The van der Waals surface area contributed by atoms with Crippen molar-refractivity contribution in [1.29, 1.82) is 0 Å². The van der Waals surface area contributed by atoms with Gasteiger partial charge in [0.25, 0.3) is 0 Å². The molecule has 25 heavy (non-hydrogen) atoms. The molecule has 0 aliphatic carbocycles. The summed E-state index contributed by atoms with van der Waals surface area (Å²) in [5.74, 6) is 2.28. The zero-order valence-electron chi connectivity index (χ0n) is 17.2. The van der Waals surface area contributed by atoms with E-state index in [1.807, 2.05) is 6.07 Å². The number of rotatable bonds is 9. The van der Waals surface area contributed by atoms with E-state index in [9.17, 15) is 0 Å². The maximum Gasteiger partial charge on any atom is 0.107 e. The molecular weight excluding hydrogens is 312 g/mol. The fourth-order valence-electron chi connectivity index (χ4n) is 4.75. The lowest BCUT2D eigenvalue weighted by Gasteiger charge is -2.43. The molecule has 4 nitrogen and oxygen atoms in total. The lowest BCUT2D eigenvalue weighted by molar-refractivity contribution is -0.870. The Morgan fingerprint density at radius 1 is 1.28 bits per heavy atom. The van der Waals surface area contributed by atoms with Crippen LogP contribution in [-0.2, 0) is 4.74 Å². The van der Waals surface area contributed by atoms with Crippen LogP contribution in [0.25, 0.3) is 0 Å². The third kappa shape index (κ3) is 6.12. The Hall–Kier alpha value is -0.840. The van der Waals surface area contributed by atoms with Crippen LogP contribution in [0, 0.1) is 11.3 Å². The van der Waals surface area contributed by atoms with E-state index in [1.54, 1.807) is 11.2 Å². The highest BCUT2D eigenvalue weighted by Gasteiger charge is 2.44. The third-order valence-electron chi connectivity index (χ3n) is 5.63. The van der Waals surface area contributed by atoms with Gasteiger partial charge in [-0.15, -0.1) is 0 Å². The SMILES string of the molecule is CC(C)[C@H](CC[NH2+]C[C@]1(C[NH+](C)C)CCOC(C)(C)C1)c1ccco1. The smallest absolute Gasteiger partial charge is 0.107 e. The summed E-state index contributed by atoms with van der Waals surface area (Å²) in [7, 11) is 4.55. The van der Waals surface area contributed by atoms with Crippen LogP contribution < -0.4 is 10.2 Å². The Morgan fingerprint density at radius 2 is 2.04 bits per heavy atom. The van der Waals surface area contributed by atoms with E-state index in [-0.39, 0.29) is 5.60 Å². The van der Waals surface area contributed by atoms with Gasteiger partial charge in [-0.25, -0.2) is 0 Å². The molecular formula is C21H40N2O2+2. The summed E-state index contributed by atoms with van der Waals surface area (Å²) in [5.41, 5.74) is 0.398. The normalized spacial score (nSPS) is 24.8. The van der Waals surface area contributed by atoms with Crippen molar-refractivity contribution < 1.29 is 19.4 Å². The summed E-state index contributed by atoms with van der Waals surface area (Å²) in [6, 6.07) is 4.13. The van der Waals surface area contributed by atoms with Crippen molar-refractivity contribution in [3.63, 3.8) is 0 Å². The molecule has 1 aromatic heterocycles. The Bertz CT molecular complexity index is 496. The molecule has 2 rings (SSSR count). The molecule has 1 aliphatic rings. The molecule has 1 aromatic rings. The van der Waals surface area contributed by atoms with Gasteiger partial charge in [0.15, 0.2) is 0 Å². The second kappa shape index (κ2) is 8.70. The average Bonchev–Trinajstić information content (AvgIpc) is 2.98. The lowest BCUT2D eigenvalue weighted by Crippen LogP contribution is -3.08. The van der Waals surface area contributed by atoms with Crippen LogP contribution in [0.15, 0.2) is 22.8 Å². The molecule has 0 spiro atoms. The summed E-state index contributed by atoms with van der Waals surface area (Å²) in [6.07, 6.45) is 5.32. The molecule has 0 unspecified atom stereocenters. The first-order valence-electron chi connectivity index (χ1n) is 10.0. The molecule has 144 valence electrons. The van der Waals surface area contributed by atoms with Gasteiger partial charge >= 0.3 is 0 Å². The van der Waals surface area contributed by atoms with Gasteiger partial charge in [-0.3, -0.25) is 0 Å². The Balaban J connectivity index is 1.90. The van der Waals surface area contributed by atoms with Crippen molar-refractivity contribution in [3.8, 4) is 0 Å². The van der Waals surface area contributed by atoms with Gasteiger partial charge in [0.2, 0.25) is 0 Å². The summed E-state index contributed by atoms with van der Waals surface area (Å²) in [4.78, 5) is 1.54. The zero-order valence-corrected chi connectivity index (χ0v) is 17.2. The van der Waals surface area contributed by atoms with Gasteiger partial charge in [-0.1, -0.05) is 13.8 Å². The van der Waals surface area contributed by atoms with Crippen LogP contribution in [-0.4, -0.2) is 45.9 Å². The summed E-state index contributed by atoms with van der Waals surface area (Å²) in [6.45, 7) is 13.6. The quantitative estimate of drug-likeness (QED) is 0.664. The van der Waals surface area contributed by atoms with E-state index in [0.29, 0.717) is 17.3 Å². The summed E-state index contributed by atoms with van der Waals surface area (Å²) < 4.78 is 11.7. The number of nitrogens with two attached hydrogens (primary N) is 1. The zero-order chi connectivity index (χ0) is 18.5. The predicted molar refractivity (Wildman–Crippen MR) is 102 cm³/mol. The average molecular weight is 353 g/mol. The minimum Gasteiger partial charge on any atom is -0.469 e. The van der Waals surface area contributed by atoms with Gasteiger partial charge < -0.3 is 19.4 Å². The van der Waals surface area contributed by atoms with Crippen molar-refractivity contribution in [3.05, 3.63) is 24.2 Å². The van der Waals surface area contributed by atoms with E-state index >= 15 is 0 Å². The van der Waals surface area contributed by atoms with Crippen molar-refractivity contribution in [2.45, 2.75) is 58.5 Å². The van der Waals surface area contributed by atoms with Crippen LogP contribution in [0.5, 0.6) is 0 Å². The standard InChI is InChI=1S/C21H38N2O2/c1-17(2)18(19-8-7-12-24-19)9-11-22-15-21(16-23(5)6)10-13-25-20(3,4)14-21/h7-8,12,17-18,22H,9-11,13-16H2,1-6H3/p+2/t18-,21-/m0/s1. The molecule has 0 saturated carbocycles. The first-order valence-corrected chi connectivity index (χ1v) is 10.0. The Labute approximate surface area is 154 Å². The summed E-state index contributed by atoms with van der Waals surface area (Å²) >= 11 is 0. The first kappa shape index (κ1) is 20.5. The Kier molecular flexibility index (Phi) is 7.12. The first-order chi connectivity index (χ1) is 11.7. The highest BCUT2D eigenvalue weighted by molar-refractivity contribution is 5.06.